The Morgan fingerprint density at radius 2 is 2.13 bits per heavy atom. The molecule has 23 heavy (non-hydrogen) atoms. The van der Waals surface area contributed by atoms with Crippen molar-refractivity contribution in [3.05, 3.63) is 6.20 Å². The van der Waals surface area contributed by atoms with Gasteiger partial charge in [0.2, 0.25) is 0 Å². The lowest BCUT2D eigenvalue weighted by Crippen LogP contribution is -2.46. The van der Waals surface area contributed by atoms with Crippen LogP contribution in [-0.4, -0.2) is 40.6 Å². The van der Waals surface area contributed by atoms with Crippen LogP contribution in [0.3, 0.4) is 0 Å². The summed E-state index contributed by atoms with van der Waals surface area (Å²) in [5.74, 6) is 0.964. The molecule has 1 aliphatic rings. The number of hydrogen-bond donors (Lipinski definition) is 3. The lowest BCUT2D eigenvalue weighted by atomic mass is 10.1. The van der Waals surface area contributed by atoms with E-state index < -0.39 is 11.7 Å². The molecule has 1 fully saturated rings. The number of aromatic nitrogens is 2. The number of hydrazine groups is 1. The largest absolute Gasteiger partial charge is 0.443 e. The molecule has 1 atom stereocenters. The average molecular weight is 324 g/mol. The van der Waals surface area contributed by atoms with Crippen LogP contribution in [0, 0.1) is 0 Å². The predicted octanol–water partition coefficient (Wildman–Crippen LogP) is 1.39. The van der Waals surface area contributed by atoms with Crippen LogP contribution in [0.1, 0.15) is 40.0 Å². The SMILES string of the molecule is Cn1ncc(N)c1N1CCCC(NNC(=O)OC(C)(C)C)CC1. The van der Waals surface area contributed by atoms with Crippen LogP contribution in [0.5, 0.6) is 0 Å². The molecule has 4 N–H and O–H groups in total. The van der Waals surface area contributed by atoms with Crippen molar-refractivity contribution >= 4 is 17.6 Å². The summed E-state index contributed by atoms with van der Waals surface area (Å²) in [6, 6.07) is 0.210. The molecule has 1 aromatic rings. The summed E-state index contributed by atoms with van der Waals surface area (Å²) in [4.78, 5) is 13.9. The Hall–Kier alpha value is -1.96. The third-order valence-electron chi connectivity index (χ3n) is 3.74. The van der Waals surface area contributed by atoms with Gasteiger partial charge >= 0.3 is 6.09 Å². The molecule has 1 unspecified atom stereocenters. The molecule has 1 amide bonds. The summed E-state index contributed by atoms with van der Waals surface area (Å²) < 4.78 is 7.03. The van der Waals surface area contributed by atoms with Crippen LogP contribution >= 0.6 is 0 Å². The number of nitrogens with one attached hydrogen (secondary N) is 2. The van der Waals surface area contributed by atoms with E-state index in [1.165, 1.54) is 0 Å². The van der Waals surface area contributed by atoms with E-state index in [0.29, 0.717) is 5.69 Å². The summed E-state index contributed by atoms with van der Waals surface area (Å²) in [7, 11) is 1.90. The average Bonchev–Trinajstić information content (AvgIpc) is 2.64. The Bertz CT molecular complexity index is 517. The Morgan fingerprint density at radius 1 is 1.39 bits per heavy atom. The van der Waals surface area contributed by atoms with Crippen molar-refractivity contribution in [1.82, 2.24) is 20.6 Å². The summed E-state index contributed by atoms with van der Waals surface area (Å²) in [5.41, 5.74) is 11.9. The van der Waals surface area contributed by atoms with Crippen LogP contribution in [0.15, 0.2) is 6.20 Å². The van der Waals surface area contributed by atoms with Crippen molar-refractivity contribution in [3.8, 4) is 0 Å². The van der Waals surface area contributed by atoms with Gasteiger partial charge in [0.25, 0.3) is 0 Å². The van der Waals surface area contributed by atoms with E-state index in [-0.39, 0.29) is 6.04 Å². The van der Waals surface area contributed by atoms with Crippen LogP contribution in [0.2, 0.25) is 0 Å². The molecular weight excluding hydrogens is 296 g/mol. The van der Waals surface area contributed by atoms with E-state index in [1.54, 1.807) is 6.20 Å². The van der Waals surface area contributed by atoms with Gasteiger partial charge in [-0.1, -0.05) is 0 Å². The molecule has 2 heterocycles. The van der Waals surface area contributed by atoms with Crippen LogP contribution < -0.4 is 21.5 Å². The molecule has 0 radical (unpaired) electrons. The van der Waals surface area contributed by atoms with Gasteiger partial charge in [-0.2, -0.15) is 5.10 Å². The molecule has 1 aliphatic heterocycles. The maximum absolute atomic E-state index is 11.7. The second-order valence-electron chi connectivity index (χ2n) is 6.93. The van der Waals surface area contributed by atoms with Crippen LogP contribution in [0.25, 0.3) is 0 Å². The lowest BCUT2D eigenvalue weighted by molar-refractivity contribution is 0.0486. The summed E-state index contributed by atoms with van der Waals surface area (Å²) in [5, 5.41) is 4.20. The fraction of sp³-hybridized carbons (Fsp3) is 0.733. The Kier molecular flexibility index (Phi) is 5.35. The molecule has 1 aromatic heterocycles. The number of amides is 1. The number of nitrogen functional groups attached to an aromatic ring is 1. The molecule has 8 heteroatoms. The second kappa shape index (κ2) is 7.08. The van der Waals surface area contributed by atoms with Crippen molar-refractivity contribution in [2.75, 3.05) is 23.7 Å². The number of carbonyl (C=O) groups is 1. The van der Waals surface area contributed by atoms with Gasteiger partial charge in [0.05, 0.1) is 11.9 Å². The minimum atomic E-state index is -0.497. The first-order valence-electron chi connectivity index (χ1n) is 8.03. The van der Waals surface area contributed by atoms with Gasteiger partial charge in [0.15, 0.2) is 0 Å². The smallest absolute Gasteiger partial charge is 0.422 e. The quantitative estimate of drug-likeness (QED) is 0.727. The maximum atomic E-state index is 11.7. The monoisotopic (exact) mass is 324 g/mol. The molecule has 2 rings (SSSR count). The first-order chi connectivity index (χ1) is 10.8. The normalized spacial score (nSPS) is 19.3. The third-order valence-corrected chi connectivity index (χ3v) is 3.74. The highest BCUT2D eigenvalue weighted by Gasteiger charge is 2.22. The van der Waals surface area contributed by atoms with Gasteiger partial charge in [-0.05, 0) is 40.0 Å². The number of carbonyl (C=O) groups excluding carboxylic acids is 1. The van der Waals surface area contributed by atoms with Crippen molar-refractivity contribution in [1.29, 1.82) is 0 Å². The van der Waals surface area contributed by atoms with Crippen molar-refractivity contribution in [2.45, 2.75) is 51.7 Å². The zero-order valence-electron chi connectivity index (χ0n) is 14.4. The van der Waals surface area contributed by atoms with Gasteiger partial charge in [-0.3, -0.25) is 10.1 Å². The number of rotatable bonds is 3. The highest BCUT2D eigenvalue weighted by Crippen LogP contribution is 2.24. The molecule has 1 saturated heterocycles. The number of hydrogen-bond acceptors (Lipinski definition) is 6. The highest BCUT2D eigenvalue weighted by molar-refractivity contribution is 5.67. The molecule has 130 valence electrons. The Balaban J connectivity index is 1.84. The van der Waals surface area contributed by atoms with Crippen molar-refractivity contribution < 1.29 is 9.53 Å². The van der Waals surface area contributed by atoms with Gasteiger partial charge < -0.3 is 15.4 Å². The Morgan fingerprint density at radius 3 is 2.74 bits per heavy atom. The van der Waals surface area contributed by atoms with E-state index in [4.69, 9.17) is 10.5 Å². The fourth-order valence-electron chi connectivity index (χ4n) is 2.75. The van der Waals surface area contributed by atoms with E-state index in [9.17, 15) is 4.79 Å². The molecule has 0 bridgehead atoms. The molecule has 0 saturated carbocycles. The van der Waals surface area contributed by atoms with E-state index in [1.807, 2.05) is 32.5 Å². The number of anilines is 2. The third kappa shape index (κ3) is 5.02. The van der Waals surface area contributed by atoms with Gasteiger partial charge in [0, 0.05) is 26.2 Å². The topological polar surface area (TPSA) is 97.4 Å². The van der Waals surface area contributed by atoms with Crippen LogP contribution in [-0.2, 0) is 11.8 Å². The Labute approximate surface area is 137 Å². The van der Waals surface area contributed by atoms with Gasteiger partial charge in [-0.25, -0.2) is 10.2 Å². The summed E-state index contributed by atoms with van der Waals surface area (Å²) in [6.45, 7) is 7.31. The van der Waals surface area contributed by atoms with Crippen molar-refractivity contribution in [2.24, 2.45) is 7.05 Å². The fourth-order valence-corrected chi connectivity index (χ4v) is 2.75. The predicted molar refractivity (Wildman–Crippen MR) is 90.0 cm³/mol. The molecule has 0 aromatic carbocycles. The first-order valence-corrected chi connectivity index (χ1v) is 8.03. The number of ether oxygens (including phenoxy) is 1. The number of nitrogens with zero attached hydrogens (tertiary/aromatic N) is 3. The minimum absolute atomic E-state index is 0.210. The van der Waals surface area contributed by atoms with Gasteiger partial charge in [-0.15, -0.1) is 0 Å². The number of nitrogens with two attached hydrogens (primary N) is 1. The van der Waals surface area contributed by atoms with E-state index in [2.05, 4.69) is 20.9 Å². The zero-order chi connectivity index (χ0) is 17.0. The maximum Gasteiger partial charge on any atom is 0.422 e. The standard InChI is InChI=1S/C15H28N6O2/c1-15(2,3)23-14(22)19-18-11-6-5-8-21(9-7-11)13-12(16)10-17-20(13)4/h10-11,18H,5-9,16H2,1-4H3,(H,19,22). The number of aryl methyl sites for hydroxylation is 1. The lowest BCUT2D eigenvalue weighted by Gasteiger charge is -2.24. The summed E-state index contributed by atoms with van der Waals surface area (Å²) >= 11 is 0. The van der Waals surface area contributed by atoms with Gasteiger partial charge in [0.1, 0.15) is 11.4 Å². The summed E-state index contributed by atoms with van der Waals surface area (Å²) in [6.07, 6.45) is 4.12. The molecule has 0 spiro atoms. The molecule has 8 nitrogen and oxygen atoms in total. The molecular formula is C15H28N6O2. The van der Waals surface area contributed by atoms with Crippen LogP contribution in [0.4, 0.5) is 16.3 Å². The van der Waals surface area contributed by atoms with Crippen molar-refractivity contribution in [3.63, 3.8) is 0 Å². The second-order valence-corrected chi connectivity index (χ2v) is 6.93. The minimum Gasteiger partial charge on any atom is -0.443 e. The van der Waals surface area contributed by atoms with E-state index >= 15 is 0 Å². The first kappa shape index (κ1) is 17.4. The highest BCUT2D eigenvalue weighted by atomic mass is 16.6. The van der Waals surface area contributed by atoms with E-state index in [0.717, 1.165) is 38.2 Å². The molecule has 0 aliphatic carbocycles. The zero-order valence-corrected chi connectivity index (χ0v) is 14.4.